The van der Waals surface area contributed by atoms with Crippen LogP contribution in [0.4, 0.5) is 0 Å². The Morgan fingerprint density at radius 2 is 1.37 bits per heavy atom. The normalized spacial score (nSPS) is 11.5. The number of carboxylic acid groups (broad SMARTS) is 1. The zero-order chi connectivity index (χ0) is 29.4. The van der Waals surface area contributed by atoms with Crippen molar-refractivity contribution in [2.24, 2.45) is 0 Å². The van der Waals surface area contributed by atoms with Crippen LogP contribution in [0.3, 0.4) is 0 Å². The zero-order valence-corrected chi connectivity index (χ0v) is 22.9. The largest absolute Gasteiger partial charge is 0.478 e. The summed E-state index contributed by atoms with van der Waals surface area (Å²) in [4.78, 5) is 39.2. The molecule has 0 aliphatic carbocycles. The zero-order valence-electron chi connectivity index (χ0n) is 22.1. The molecule has 4 aromatic rings. The van der Waals surface area contributed by atoms with Crippen molar-refractivity contribution in [3.05, 3.63) is 118 Å². The SMILES string of the molecule is Cc1ccc(COO)c(COOc2ccc(OS(=O)c3ccc(OC(=O)c4cc(C)ccc4C(=O)O)cc3)cc2)c1. The lowest BCUT2D eigenvalue weighted by molar-refractivity contribution is -0.253. The predicted molar refractivity (Wildman–Crippen MR) is 147 cm³/mol. The minimum atomic E-state index is -1.87. The molecule has 0 amide bonds. The molecule has 0 bridgehead atoms. The number of hydrogen-bond donors (Lipinski definition) is 2. The molecular formula is C30H26O10S. The Balaban J connectivity index is 1.31. The first-order valence-electron chi connectivity index (χ1n) is 12.2. The first kappa shape index (κ1) is 29.4. The minimum Gasteiger partial charge on any atom is -0.478 e. The number of esters is 1. The van der Waals surface area contributed by atoms with Gasteiger partial charge in [-0.1, -0.05) is 35.4 Å². The van der Waals surface area contributed by atoms with Crippen LogP contribution in [0.2, 0.25) is 0 Å². The topological polar surface area (TPSA) is 138 Å². The second kappa shape index (κ2) is 13.7. The van der Waals surface area contributed by atoms with Crippen LogP contribution in [0.15, 0.2) is 89.8 Å². The number of carbonyl (C=O) groups excluding carboxylic acids is 1. The van der Waals surface area contributed by atoms with Crippen LogP contribution in [-0.4, -0.2) is 26.5 Å². The van der Waals surface area contributed by atoms with Gasteiger partial charge in [0.05, 0.1) is 16.0 Å². The summed E-state index contributed by atoms with van der Waals surface area (Å²) in [5.41, 5.74) is 3.06. The Hall–Kier alpha value is -4.55. The summed E-state index contributed by atoms with van der Waals surface area (Å²) in [6.45, 7) is 3.82. The van der Waals surface area contributed by atoms with Gasteiger partial charge in [0.15, 0.2) is 5.75 Å². The number of benzene rings is 4. The van der Waals surface area contributed by atoms with E-state index < -0.39 is 23.0 Å². The Labute approximate surface area is 238 Å². The van der Waals surface area contributed by atoms with Gasteiger partial charge < -0.3 is 18.9 Å². The molecule has 4 aromatic carbocycles. The van der Waals surface area contributed by atoms with Crippen LogP contribution in [0, 0.1) is 13.8 Å². The third kappa shape index (κ3) is 7.99. The van der Waals surface area contributed by atoms with Gasteiger partial charge in [-0.15, -0.1) is 0 Å². The van der Waals surface area contributed by atoms with Gasteiger partial charge in [-0.3, -0.25) is 5.26 Å². The average Bonchev–Trinajstić information content (AvgIpc) is 2.95. The van der Waals surface area contributed by atoms with E-state index in [0.29, 0.717) is 22.0 Å². The number of carboxylic acids is 1. The van der Waals surface area contributed by atoms with Crippen molar-refractivity contribution in [3.8, 4) is 17.2 Å². The highest BCUT2D eigenvalue weighted by Crippen LogP contribution is 2.23. The highest BCUT2D eigenvalue weighted by atomic mass is 32.2. The van der Waals surface area contributed by atoms with Crippen molar-refractivity contribution in [1.82, 2.24) is 0 Å². The van der Waals surface area contributed by atoms with E-state index in [1.165, 1.54) is 36.4 Å². The van der Waals surface area contributed by atoms with Gasteiger partial charge in [-0.2, -0.15) is 4.89 Å². The van der Waals surface area contributed by atoms with Crippen molar-refractivity contribution >= 4 is 23.0 Å². The van der Waals surface area contributed by atoms with Crippen LogP contribution in [-0.2, 0) is 34.1 Å². The summed E-state index contributed by atoms with van der Waals surface area (Å²) >= 11 is -1.87. The molecule has 0 fully saturated rings. The van der Waals surface area contributed by atoms with Crippen LogP contribution >= 0.6 is 0 Å². The molecule has 0 saturated heterocycles. The molecule has 1 unspecified atom stereocenters. The van der Waals surface area contributed by atoms with Crippen molar-refractivity contribution in [2.45, 2.75) is 32.0 Å². The Bertz CT molecular complexity index is 1550. The molecule has 2 N–H and O–H groups in total. The molecular weight excluding hydrogens is 552 g/mol. The highest BCUT2D eigenvalue weighted by molar-refractivity contribution is 7.80. The minimum absolute atomic E-state index is 0.0249. The fraction of sp³-hybridized carbons (Fsp3) is 0.133. The maximum Gasteiger partial charge on any atom is 0.344 e. The van der Waals surface area contributed by atoms with E-state index in [1.54, 1.807) is 37.3 Å². The molecule has 41 heavy (non-hydrogen) atoms. The molecule has 10 nitrogen and oxygen atoms in total. The van der Waals surface area contributed by atoms with E-state index in [1.807, 2.05) is 25.1 Å². The second-order valence-electron chi connectivity index (χ2n) is 8.90. The molecule has 0 radical (unpaired) electrons. The molecule has 11 heteroatoms. The first-order valence-corrected chi connectivity index (χ1v) is 13.3. The van der Waals surface area contributed by atoms with Gasteiger partial charge in [-0.25, -0.2) is 18.7 Å². The standard InChI is InChI=1S/C30H26O10S/c1-19-3-5-21(17-36-34)22(15-19)18-37-39-24-6-8-25(9-7-24)40-41(35)26-12-10-23(11-13-26)38-30(33)28-16-20(2)4-14-27(28)29(31)32/h3-16,34H,17-18H2,1-2H3,(H,31,32). The van der Waals surface area contributed by atoms with Gasteiger partial charge in [0.1, 0.15) is 24.7 Å². The summed E-state index contributed by atoms with van der Waals surface area (Å²) in [6, 6.07) is 22.1. The summed E-state index contributed by atoms with van der Waals surface area (Å²) in [5, 5.41) is 18.1. The average molecular weight is 579 g/mol. The Morgan fingerprint density at radius 1 is 0.732 bits per heavy atom. The van der Waals surface area contributed by atoms with E-state index in [2.05, 4.69) is 4.89 Å². The van der Waals surface area contributed by atoms with E-state index in [0.717, 1.165) is 16.7 Å². The Morgan fingerprint density at radius 3 is 2.05 bits per heavy atom. The molecule has 0 spiro atoms. The molecule has 0 saturated carbocycles. The highest BCUT2D eigenvalue weighted by Gasteiger charge is 2.19. The fourth-order valence-electron chi connectivity index (χ4n) is 3.74. The van der Waals surface area contributed by atoms with Crippen molar-refractivity contribution < 1.29 is 47.7 Å². The molecule has 0 aliphatic rings. The number of aromatic carboxylic acids is 1. The molecule has 212 valence electrons. The van der Waals surface area contributed by atoms with E-state index in [-0.39, 0.29) is 30.1 Å². The monoisotopic (exact) mass is 578 g/mol. The fourth-order valence-corrected chi connectivity index (χ4v) is 4.48. The van der Waals surface area contributed by atoms with Crippen LogP contribution in [0.1, 0.15) is 43.0 Å². The molecule has 0 aliphatic heterocycles. The van der Waals surface area contributed by atoms with Gasteiger partial charge in [0, 0.05) is 0 Å². The summed E-state index contributed by atoms with van der Waals surface area (Å²) in [7, 11) is 0. The first-order chi connectivity index (χ1) is 19.7. The van der Waals surface area contributed by atoms with Crippen LogP contribution in [0.25, 0.3) is 0 Å². The smallest absolute Gasteiger partial charge is 0.344 e. The molecule has 0 heterocycles. The summed E-state index contributed by atoms with van der Waals surface area (Å²) in [6.07, 6.45) is 0. The van der Waals surface area contributed by atoms with E-state index in [4.69, 9.17) is 24.0 Å². The van der Waals surface area contributed by atoms with Crippen molar-refractivity contribution in [3.63, 3.8) is 0 Å². The number of hydrogen-bond acceptors (Lipinski definition) is 9. The van der Waals surface area contributed by atoms with Gasteiger partial charge in [0.2, 0.25) is 11.1 Å². The predicted octanol–water partition coefficient (Wildman–Crippen LogP) is 5.82. The number of ether oxygens (including phenoxy) is 1. The number of carbonyl (C=O) groups is 2. The second-order valence-corrected chi connectivity index (χ2v) is 10.0. The third-order valence-electron chi connectivity index (χ3n) is 5.80. The van der Waals surface area contributed by atoms with Crippen molar-refractivity contribution in [2.75, 3.05) is 0 Å². The maximum atomic E-state index is 12.7. The molecule has 0 aromatic heterocycles. The summed E-state index contributed by atoms with van der Waals surface area (Å²) in [5.74, 6) is -1.20. The number of rotatable bonds is 12. The van der Waals surface area contributed by atoms with E-state index >= 15 is 0 Å². The third-order valence-corrected chi connectivity index (χ3v) is 6.80. The van der Waals surface area contributed by atoms with Crippen LogP contribution in [0.5, 0.6) is 17.2 Å². The van der Waals surface area contributed by atoms with Gasteiger partial charge in [0.25, 0.3) is 0 Å². The lowest BCUT2D eigenvalue weighted by Crippen LogP contribution is -2.14. The summed E-state index contributed by atoms with van der Waals surface area (Å²) < 4.78 is 23.5. The van der Waals surface area contributed by atoms with E-state index in [9.17, 15) is 18.9 Å². The maximum absolute atomic E-state index is 12.7. The Kier molecular flexibility index (Phi) is 9.82. The molecule has 4 rings (SSSR count). The van der Waals surface area contributed by atoms with Crippen LogP contribution < -0.4 is 13.8 Å². The van der Waals surface area contributed by atoms with Gasteiger partial charge in [-0.05, 0) is 85.6 Å². The molecule has 1 atom stereocenters. The lowest BCUT2D eigenvalue weighted by atomic mass is 10.0. The number of aryl methyl sites for hydroxylation is 2. The lowest BCUT2D eigenvalue weighted by Gasteiger charge is -2.11. The van der Waals surface area contributed by atoms with Crippen molar-refractivity contribution in [1.29, 1.82) is 0 Å². The quantitative estimate of drug-likeness (QED) is 0.0915. The van der Waals surface area contributed by atoms with Gasteiger partial charge >= 0.3 is 11.9 Å².